The van der Waals surface area contributed by atoms with Gasteiger partial charge in [-0.1, -0.05) is 50.1 Å². The van der Waals surface area contributed by atoms with Gasteiger partial charge in [-0.3, -0.25) is 0 Å². The third-order valence-electron chi connectivity index (χ3n) is 2.02. The molecule has 0 atom stereocenters. The molecule has 0 nitrogen and oxygen atoms in total. The highest BCUT2D eigenvalue weighted by atomic mass is 79.9. The molecular formula is C11H8Br2. The quantitative estimate of drug-likeness (QED) is 0.663. The monoisotopic (exact) mass is 298 g/mol. The van der Waals surface area contributed by atoms with E-state index >= 15 is 0 Å². The van der Waals surface area contributed by atoms with Gasteiger partial charge in [0.15, 0.2) is 0 Å². The summed E-state index contributed by atoms with van der Waals surface area (Å²) in [5, 5.41) is 2.51. The summed E-state index contributed by atoms with van der Waals surface area (Å²) in [6.45, 7) is 2.10. The first kappa shape index (κ1) is 9.22. The Balaban J connectivity index is 2.94. The Morgan fingerprint density at radius 3 is 2.54 bits per heavy atom. The first-order valence-electron chi connectivity index (χ1n) is 4.03. The number of halogens is 2. The molecule has 13 heavy (non-hydrogen) atoms. The highest BCUT2D eigenvalue weighted by molar-refractivity contribution is 9.11. The van der Waals surface area contributed by atoms with Crippen molar-refractivity contribution in [3.8, 4) is 0 Å². The molecule has 0 aliphatic heterocycles. The number of aryl methyl sites for hydroxylation is 1. The Bertz CT molecular complexity index is 461. The first-order valence-corrected chi connectivity index (χ1v) is 5.61. The van der Waals surface area contributed by atoms with Gasteiger partial charge in [0.1, 0.15) is 0 Å². The van der Waals surface area contributed by atoms with E-state index in [1.165, 1.54) is 16.3 Å². The summed E-state index contributed by atoms with van der Waals surface area (Å²) in [4.78, 5) is 0. The summed E-state index contributed by atoms with van der Waals surface area (Å²) in [6, 6.07) is 10.6. The molecule has 0 amide bonds. The standard InChI is InChI=1S/C11H8Br2/c1-7-5-8-3-2-4-9(12)11(8)10(13)6-7/h2-6H,1H3. The predicted octanol–water partition coefficient (Wildman–Crippen LogP) is 4.67. The fourth-order valence-corrected chi connectivity index (χ4v) is 3.14. The maximum absolute atomic E-state index is 3.57. The molecule has 2 rings (SSSR count). The van der Waals surface area contributed by atoms with Crippen LogP contribution >= 0.6 is 31.9 Å². The largest absolute Gasteiger partial charge is 0.0605 e. The number of fused-ring (bicyclic) bond motifs is 1. The van der Waals surface area contributed by atoms with Gasteiger partial charge in [-0.05, 0) is 30.0 Å². The van der Waals surface area contributed by atoms with Crippen molar-refractivity contribution in [1.29, 1.82) is 0 Å². The molecule has 0 saturated heterocycles. The van der Waals surface area contributed by atoms with Crippen LogP contribution in [0, 0.1) is 6.92 Å². The third-order valence-corrected chi connectivity index (χ3v) is 3.31. The lowest BCUT2D eigenvalue weighted by Crippen LogP contribution is -1.79. The van der Waals surface area contributed by atoms with Gasteiger partial charge in [-0.15, -0.1) is 0 Å². The minimum absolute atomic E-state index is 1.14. The van der Waals surface area contributed by atoms with E-state index in [-0.39, 0.29) is 0 Å². The van der Waals surface area contributed by atoms with Crippen LogP contribution in [-0.2, 0) is 0 Å². The first-order chi connectivity index (χ1) is 6.18. The molecule has 0 heterocycles. The van der Waals surface area contributed by atoms with Crippen molar-refractivity contribution in [1.82, 2.24) is 0 Å². The van der Waals surface area contributed by atoms with Gasteiger partial charge in [0.05, 0.1) is 0 Å². The molecule has 0 N–H and O–H groups in total. The second-order valence-electron chi connectivity index (χ2n) is 3.08. The number of hydrogen-bond donors (Lipinski definition) is 0. The molecule has 2 aromatic carbocycles. The van der Waals surface area contributed by atoms with Crippen molar-refractivity contribution < 1.29 is 0 Å². The zero-order chi connectivity index (χ0) is 9.42. The van der Waals surface area contributed by atoms with Crippen LogP contribution in [0.25, 0.3) is 10.8 Å². The van der Waals surface area contributed by atoms with Crippen molar-refractivity contribution in [2.45, 2.75) is 6.92 Å². The van der Waals surface area contributed by atoms with Crippen LogP contribution in [0.2, 0.25) is 0 Å². The van der Waals surface area contributed by atoms with Gasteiger partial charge < -0.3 is 0 Å². The highest BCUT2D eigenvalue weighted by Gasteiger charge is 2.02. The maximum atomic E-state index is 3.57. The molecule has 0 bridgehead atoms. The second-order valence-corrected chi connectivity index (χ2v) is 4.79. The van der Waals surface area contributed by atoms with Crippen molar-refractivity contribution >= 4 is 42.6 Å². The minimum atomic E-state index is 1.14. The summed E-state index contributed by atoms with van der Waals surface area (Å²) in [5.74, 6) is 0. The number of hydrogen-bond acceptors (Lipinski definition) is 0. The lowest BCUT2D eigenvalue weighted by molar-refractivity contribution is 1.48. The summed E-state index contributed by atoms with van der Waals surface area (Å²) in [7, 11) is 0. The Morgan fingerprint density at radius 2 is 1.77 bits per heavy atom. The van der Waals surface area contributed by atoms with E-state index in [2.05, 4.69) is 69.1 Å². The van der Waals surface area contributed by atoms with Crippen LogP contribution < -0.4 is 0 Å². The molecule has 0 saturated carbocycles. The van der Waals surface area contributed by atoms with Crippen LogP contribution in [0.5, 0.6) is 0 Å². The van der Waals surface area contributed by atoms with Gasteiger partial charge >= 0.3 is 0 Å². The van der Waals surface area contributed by atoms with Gasteiger partial charge in [-0.2, -0.15) is 0 Å². The van der Waals surface area contributed by atoms with Crippen LogP contribution in [0.4, 0.5) is 0 Å². The Labute approximate surface area is 94.2 Å². The smallest absolute Gasteiger partial charge is 0.0267 e. The van der Waals surface area contributed by atoms with Gasteiger partial charge in [0, 0.05) is 14.3 Å². The van der Waals surface area contributed by atoms with Crippen LogP contribution in [0.15, 0.2) is 39.3 Å². The lowest BCUT2D eigenvalue weighted by Gasteiger charge is -2.04. The van der Waals surface area contributed by atoms with E-state index in [1.54, 1.807) is 0 Å². The molecular weight excluding hydrogens is 292 g/mol. The average molecular weight is 300 g/mol. The molecule has 0 unspecified atom stereocenters. The van der Waals surface area contributed by atoms with Gasteiger partial charge in [-0.25, -0.2) is 0 Å². The molecule has 66 valence electrons. The van der Waals surface area contributed by atoms with E-state index in [0.717, 1.165) is 8.95 Å². The topological polar surface area (TPSA) is 0 Å². The zero-order valence-corrected chi connectivity index (χ0v) is 10.3. The molecule has 0 aliphatic rings. The summed E-state index contributed by atoms with van der Waals surface area (Å²) in [5.41, 5.74) is 1.28. The number of rotatable bonds is 0. The number of benzene rings is 2. The molecule has 0 radical (unpaired) electrons. The third kappa shape index (κ3) is 1.65. The van der Waals surface area contributed by atoms with Crippen molar-refractivity contribution in [3.05, 3.63) is 44.8 Å². The normalized spacial score (nSPS) is 10.7. The van der Waals surface area contributed by atoms with E-state index in [1.807, 2.05) is 0 Å². The van der Waals surface area contributed by atoms with E-state index in [4.69, 9.17) is 0 Å². The fraction of sp³-hybridized carbons (Fsp3) is 0.0909. The summed E-state index contributed by atoms with van der Waals surface area (Å²) < 4.78 is 2.28. The van der Waals surface area contributed by atoms with Crippen LogP contribution in [0.3, 0.4) is 0 Å². The van der Waals surface area contributed by atoms with Crippen LogP contribution in [0.1, 0.15) is 5.56 Å². The molecule has 2 heteroatoms. The van der Waals surface area contributed by atoms with Crippen molar-refractivity contribution in [3.63, 3.8) is 0 Å². The second kappa shape index (κ2) is 3.43. The van der Waals surface area contributed by atoms with Crippen molar-refractivity contribution in [2.24, 2.45) is 0 Å². The minimum Gasteiger partial charge on any atom is -0.0605 e. The van der Waals surface area contributed by atoms with E-state index < -0.39 is 0 Å². The molecule has 0 aromatic heterocycles. The van der Waals surface area contributed by atoms with E-state index in [9.17, 15) is 0 Å². The molecule has 0 fully saturated rings. The molecule has 0 spiro atoms. The lowest BCUT2D eigenvalue weighted by atomic mass is 10.1. The Morgan fingerprint density at radius 1 is 1.00 bits per heavy atom. The van der Waals surface area contributed by atoms with E-state index in [0.29, 0.717) is 0 Å². The maximum Gasteiger partial charge on any atom is 0.0267 e. The molecule has 2 aromatic rings. The Kier molecular flexibility index (Phi) is 2.43. The average Bonchev–Trinajstić information content (AvgIpc) is 2.02. The highest BCUT2D eigenvalue weighted by Crippen LogP contribution is 2.31. The van der Waals surface area contributed by atoms with Crippen LogP contribution in [-0.4, -0.2) is 0 Å². The zero-order valence-electron chi connectivity index (χ0n) is 7.14. The molecule has 0 aliphatic carbocycles. The fourth-order valence-electron chi connectivity index (χ4n) is 1.47. The predicted molar refractivity (Wildman–Crippen MR) is 64.1 cm³/mol. The van der Waals surface area contributed by atoms with Gasteiger partial charge in [0.25, 0.3) is 0 Å². The summed E-state index contributed by atoms with van der Waals surface area (Å²) in [6.07, 6.45) is 0. The summed E-state index contributed by atoms with van der Waals surface area (Å²) >= 11 is 7.11. The SMILES string of the molecule is Cc1cc(Br)c2c(Br)cccc2c1. The van der Waals surface area contributed by atoms with Gasteiger partial charge in [0.2, 0.25) is 0 Å². The Hall–Kier alpha value is -0.340. The van der Waals surface area contributed by atoms with Crippen molar-refractivity contribution in [2.75, 3.05) is 0 Å².